The molecule has 1 aliphatic rings. The highest BCUT2D eigenvalue weighted by Gasteiger charge is 2.22. The first-order valence-electron chi connectivity index (χ1n) is 5.18. The maximum atomic E-state index is 12.0. The zero-order valence-corrected chi connectivity index (χ0v) is 9.10. The van der Waals surface area contributed by atoms with Gasteiger partial charge in [-0.3, -0.25) is 9.48 Å². The molecule has 1 fully saturated rings. The molecule has 1 saturated heterocycles. The van der Waals surface area contributed by atoms with Gasteiger partial charge in [-0.25, -0.2) is 0 Å². The first-order valence-corrected chi connectivity index (χ1v) is 5.18. The number of aromatic nitrogens is 2. The van der Waals surface area contributed by atoms with Gasteiger partial charge in [-0.15, -0.1) is 0 Å². The third kappa shape index (κ3) is 2.18. The van der Waals surface area contributed by atoms with E-state index in [4.69, 9.17) is 0 Å². The molecule has 1 aliphatic heterocycles. The lowest BCUT2D eigenvalue weighted by molar-refractivity contribution is 0.0709. The Balaban J connectivity index is 2.07. The molecule has 1 aromatic heterocycles. The topological polar surface area (TPSA) is 50.2 Å². The molecule has 0 saturated carbocycles. The SMILES string of the molecule is C[C@H]1CN(C(=O)c2cnn(C)c2)CCN1. The van der Waals surface area contributed by atoms with Crippen molar-refractivity contribution in [3.8, 4) is 0 Å². The normalized spacial score (nSPS) is 21.7. The maximum absolute atomic E-state index is 12.0. The third-order valence-corrected chi connectivity index (χ3v) is 2.61. The van der Waals surface area contributed by atoms with Crippen LogP contribution in [0.15, 0.2) is 12.4 Å². The third-order valence-electron chi connectivity index (χ3n) is 2.61. The second-order valence-corrected chi connectivity index (χ2v) is 4.01. The number of aryl methyl sites for hydroxylation is 1. The fraction of sp³-hybridized carbons (Fsp3) is 0.600. The first-order chi connectivity index (χ1) is 7.16. The Kier molecular flexibility index (Phi) is 2.73. The van der Waals surface area contributed by atoms with Crippen LogP contribution >= 0.6 is 0 Å². The summed E-state index contributed by atoms with van der Waals surface area (Å²) in [5, 5.41) is 7.31. The molecule has 2 rings (SSSR count). The van der Waals surface area contributed by atoms with Crippen LogP contribution in [0.5, 0.6) is 0 Å². The second-order valence-electron chi connectivity index (χ2n) is 4.01. The van der Waals surface area contributed by atoms with Crippen molar-refractivity contribution in [2.24, 2.45) is 7.05 Å². The molecule has 0 aromatic carbocycles. The van der Waals surface area contributed by atoms with Gasteiger partial charge in [0.15, 0.2) is 0 Å². The van der Waals surface area contributed by atoms with E-state index >= 15 is 0 Å². The lowest BCUT2D eigenvalue weighted by Gasteiger charge is -2.31. The van der Waals surface area contributed by atoms with Crippen LogP contribution in [0.2, 0.25) is 0 Å². The van der Waals surface area contributed by atoms with E-state index in [1.54, 1.807) is 17.1 Å². The summed E-state index contributed by atoms with van der Waals surface area (Å²) < 4.78 is 1.65. The largest absolute Gasteiger partial charge is 0.336 e. The summed E-state index contributed by atoms with van der Waals surface area (Å²) in [6, 6.07) is 0.374. The van der Waals surface area contributed by atoms with Crippen LogP contribution < -0.4 is 5.32 Å². The van der Waals surface area contributed by atoms with E-state index in [-0.39, 0.29) is 5.91 Å². The Bertz CT molecular complexity index is 360. The highest BCUT2D eigenvalue weighted by molar-refractivity contribution is 5.93. The van der Waals surface area contributed by atoms with Crippen LogP contribution in [0.25, 0.3) is 0 Å². The minimum atomic E-state index is 0.0800. The molecule has 1 amide bonds. The average Bonchev–Trinajstić information content (AvgIpc) is 2.64. The molecule has 1 aromatic rings. The number of piperazine rings is 1. The summed E-state index contributed by atoms with van der Waals surface area (Å²) in [6.07, 6.45) is 3.38. The van der Waals surface area contributed by atoms with Gasteiger partial charge >= 0.3 is 0 Å². The van der Waals surface area contributed by atoms with Crippen LogP contribution in [-0.4, -0.2) is 46.3 Å². The molecule has 5 nitrogen and oxygen atoms in total. The van der Waals surface area contributed by atoms with Gasteiger partial charge in [0.2, 0.25) is 0 Å². The molecule has 0 radical (unpaired) electrons. The van der Waals surface area contributed by atoms with Gasteiger partial charge in [-0.05, 0) is 6.92 Å². The summed E-state index contributed by atoms with van der Waals surface area (Å²) in [5.74, 6) is 0.0800. The van der Waals surface area contributed by atoms with Crippen LogP contribution in [-0.2, 0) is 7.05 Å². The minimum Gasteiger partial charge on any atom is -0.336 e. The zero-order valence-electron chi connectivity index (χ0n) is 9.10. The van der Waals surface area contributed by atoms with Crippen molar-refractivity contribution in [2.75, 3.05) is 19.6 Å². The van der Waals surface area contributed by atoms with E-state index in [0.29, 0.717) is 11.6 Å². The Morgan fingerprint density at radius 3 is 3.07 bits per heavy atom. The van der Waals surface area contributed by atoms with E-state index in [2.05, 4.69) is 17.3 Å². The zero-order chi connectivity index (χ0) is 10.8. The van der Waals surface area contributed by atoms with Crippen molar-refractivity contribution in [3.63, 3.8) is 0 Å². The van der Waals surface area contributed by atoms with Gasteiger partial charge in [0.05, 0.1) is 11.8 Å². The van der Waals surface area contributed by atoms with Crippen molar-refractivity contribution >= 4 is 5.91 Å². The van der Waals surface area contributed by atoms with E-state index in [1.165, 1.54) is 0 Å². The van der Waals surface area contributed by atoms with Crippen molar-refractivity contribution in [1.82, 2.24) is 20.0 Å². The first kappa shape index (κ1) is 10.2. The lowest BCUT2D eigenvalue weighted by atomic mass is 10.2. The molecule has 0 unspecified atom stereocenters. The number of hydrogen-bond donors (Lipinski definition) is 1. The minimum absolute atomic E-state index is 0.0800. The van der Waals surface area contributed by atoms with E-state index < -0.39 is 0 Å². The van der Waals surface area contributed by atoms with Crippen molar-refractivity contribution < 1.29 is 4.79 Å². The molecule has 2 heterocycles. The molecule has 1 N–H and O–H groups in total. The quantitative estimate of drug-likeness (QED) is 0.698. The van der Waals surface area contributed by atoms with Crippen LogP contribution in [0, 0.1) is 0 Å². The summed E-state index contributed by atoms with van der Waals surface area (Å²) in [5.41, 5.74) is 0.673. The molecule has 1 atom stereocenters. The number of nitrogens with one attached hydrogen (secondary N) is 1. The van der Waals surface area contributed by atoms with Gasteiger partial charge in [-0.1, -0.05) is 0 Å². The summed E-state index contributed by atoms with van der Waals surface area (Å²) in [6.45, 7) is 4.50. The Labute approximate surface area is 89.1 Å². The molecule has 0 bridgehead atoms. The number of carbonyl (C=O) groups excluding carboxylic acids is 1. The van der Waals surface area contributed by atoms with Gasteiger partial charge in [0.25, 0.3) is 5.91 Å². The standard InChI is InChI=1S/C10H16N4O/c1-8-6-14(4-3-11-8)10(15)9-5-12-13(2)7-9/h5,7-8,11H,3-4,6H2,1-2H3/t8-/m0/s1. The van der Waals surface area contributed by atoms with Gasteiger partial charge in [-0.2, -0.15) is 5.10 Å². The van der Waals surface area contributed by atoms with E-state index in [1.807, 2.05) is 11.9 Å². The van der Waals surface area contributed by atoms with Gasteiger partial charge < -0.3 is 10.2 Å². The van der Waals surface area contributed by atoms with Crippen LogP contribution in [0.4, 0.5) is 0 Å². The maximum Gasteiger partial charge on any atom is 0.257 e. The molecular formula is C10H16N4O. The van der Waals surface area contributed by atoms with Crippen LogP contribution in [0.1, 0.15) is 17.3 Å². The molecule has 82 valence electrons. The fourth-order valence-electron chi connectivity index (χ4n) is 1.83. The van der Waals surface area contributed by atoms with E-state index in [0.717, 1.165) is 19.6 Å². The molecule has 5 heteroatoms. The number of carbonyl (C=O) groups is 1. The Morgan fingerprint density at radius 1 is 1.67 bits per heavy atom. The molecule has 0 aliphatic carbocycles. The molecule has 15 heavy (non-hydrogen) atoms. The predicted octanol–water partition coefficient (Wildman–Crippen LogP) is -0.146. The summed E-state index contributed by atoms with van der Waals surface area (Å²) in [7, 11) is 1.82. The fourth-order valence-corrected chi connectivity index (χ4v) is 1.83. The van der Waals surface area contributed by atoms with Crippen molar-refractivity contribution in [3.05, 3.63) is 18.0 Å². The number of amides is 1. The van der Waals surface area contributed by atoms with Crippen molar-refractivity contribution in [2.45, 2.75) is 13.0 Å². The highest BCUT2D eigenvalue weighted by Crippen LogP contribution is 2.06. The monoisotopic (exact) mass is 208 g/mol. The van der Waals surface area contributed by atoms with Gasteiger partial charge in [0.1, 0.15) is 0 Å². The molecular weight excluding hydrogens is 192 g/mol. The molecule has 0 spiro atoms. The number of hydrogen-bond acceptors (Lipinski definition) is 3. The summed E-state index contributed by atoms with van der Waals surface area (Å²) in [4.78, 5) is 13.9. The Morgan fingerprint density at radius 2 is 2.47 bits per heavy atom. The number of nitrogens with zero attached hydrogens (tertiary/aromatic N) is 3. The predicted molar refractivity (Wildman–Crippen MR) is 56.6 cm³/mol. The average molecular weight is 208 g/mol. The van der Waals surface area contributed by atoms with E-state index in [9.17, 15) is 4.79 Å². The number of rotatable bonds is 1. The Hall–Kier alpha value is -1.36. The second kappa shape index (κ2) is 4.02. The lowest BCUT2D eigenvalue weighted by Crippen LogP contribution is -2.51. The smallest absolute Gasteiger partial charge is 0.257 e. The summed E-state index contributed by atoms with van der Waals surface area (Å²) >= 11 is 0. The van der Waals surface area contributed by atoms with Crippen LogP contribution in [0.3, 0.4) is 0 Å². The van der Waals surface area contributed by atoms with Gasteiger partial charge in [0, 0.05) is 38.9 Å². The van der Waals surface area contributed by atoms with Crippen molar-refractivity contribution in [1.29, 1.82) is 0 Å². The highest BCUT2D eigenvalue weighted by atomic mass is 16.2.